The average molecular weight is 246 g/mol. The molecule has 0 unspecified atom stereocenters. The molecule has 0 fully saturated rings. The minimum atomic E-state index is -0.325. The Hall–Kier alpha value is -1.50. The Labute approximate surface area is 103 Å². The minimum absolute atomic E-state index is 0.120. The molecule has 0 aliphatic rings. The second-order valence-electron chi connectivity index (χ2n) is 3.49. The highest BCUT2D eigenvalue weighted by Crippen LogP contribution is 1.95. The molecule has 102 valence electrons. The second kappa shape index (κ2) is 12.6. The standard InChI is InChI=1S/C6H14.C4H12N6O/c1-3-5-6-4-2;5-3(6)9-10(1-2-11)4(7)8/h3-6H2,1-2H3;11H,1-2H2,(H3,7,8)(H4,5,6,9). The molecule has 0 radical (unpaired) electrons. The van der Waals surface area contributed by atoms with Gasteiger partial charge in [-0.15, -0.1) is 0 Å². The second-order valence-corrected chi connectivity index (χ2v) is 3.49. The van der Waals surface area contributed by atoms with Gasteiger partial charge in [0.2, 0.25) is 11.9 Å². The van der Waals surface area contributed by atoms with Crippen molar-refractivity contribution in [2.45, 2.75) is 39.5 Å². The Balaban J connectivity index is 0. The van der Waals surface area contributed by atoms with Crippen LogP contribution in [0.2, 0.25) is 0 Å². The third-order valence-electron chi connectivity index (χ3n) is 1.83. The smallest absolute Gasteiger partial charge is 0.207 e. The van der Waals surface area contributed by atoms with E-state index >= 15 is 0 Å². The number of rotatable bonds is 5. The molecule has 0 rings (SSSR count). The summed E-state index contributed by atoms with van der Waals surface area (Å²) in [6.45, 7) is 4.42. The fourth-order valence-electron chi connectivity index (χ4n) is 0.982. The van der Waals surface area contributed by atoms with Gasteiger partial charge >= 0.3 is 0 Å². The van der Waals surface area contributed by atoms with Crippen LogP contribution >= 0.6 is 0 Å². The van der Waals surface area contributed by atoms with Crippen molar-refractivity contribution >= 4 is 11.9 Å². The molecule has 0 aromatic heterocycles. The number of hydrogen-bond donors (Lipinski definition) is 6. The van der Waals surface area contributed by atoms with Crippen molar-refractivity contribution in [1.29, 1.82) is 10.8 Å². The third kappa shape index (κ3) is 14.5. The Bertz CT molecular complexity index is 205. The predicted molar refractivity (Wildman–Crippen MR) is 70.6 cm³/mol. The molecule has 0 bridgehead atoms. The molecule has 0 amide bonds. The number of unbranched alkanes of at least 4 members (excludes halogenated alkanes) is 3. The van der Waals surface area contributed by atoms with Crippen LogP contribution in [-0.4, -0.2) is 35.2 Å². The maximum Gasteiger partial charge on any atom is 0.207 e. The summed E-state index contributed by atoms with van der Waals surface area (Å²) in [5.41, 5.74) is 12.3. The highest BCUT2D eigenvalue weighted by Gasteiger charge is 2.04. The van der Waals surface area contributed by atoms with Gasteiger partial charge in [-0.2, -0.15) is 0 Å². The fourth-order valence-corrected chi connectivity index (χ4v) is 0.982. The molecule has 7 heteroatoms. The number of hydrogen-bond acceptors (Lipinski definition) is 3. The summed E-state index contributed by atoms with van der Waals surface area (Å²) >= 11 is 0. The van der Waals surface area contributed by atoms with E-state index in [4.69, 9.17) is 27.4 Å². The van der Waals surface area contributed by atoms with E-state index in [-0.39, 0.29) is 25.1 Å². The lowest BCUT2D eigenvalue weighted by Crippen LogP contribution is -2.52. The molecule has 0 spiro atoms. The van der Waals surface area contributed by atoms with Gasteiger partial charge in [0.05, 0.1) is 13.2 Å². The van der Waals surface area contributed by atoms with Gasteiger partial charge in [0.25, 0.3) is 0 Å². The number of aliphatic hydroxyl groups is 1. The summed E-state index contributed by atoms with van der Waals surface area (Å²) in [6, 6.07) is 0. The SMILES string of the molecule is CCCCCC.N=C(N)NN(CCO)C(=N)N. The van der Waals surface area contributed by atoms with Gasteiger partial charge in [-0.25, -0.2) is 0 Å². The normalized spacial score (nSPS) is 8.88. The molecule has 0 atom stereocenters. The summed E-state index contributed by atoms with van der Waals surface area (Å²) in [6.07, 6.45) is 5.54. The number of nitrogens with zero attached hydrogens (tertiary/aromatic N) is 1. The van der Waals surface area contributed by atoms with E-state index in [1.165, 1.54) is 25.7 Å². The lowest BCUT2D eigenvalue weighted by molar-refractivity contribution is 0.233. The van der Waals surface area contributed by atoms with E-state index in [9.17, 15) is 0 Å². The summed E-state index contributed by atoms with van der Waals surface area (Å²) < 4.78 is 0. The van der Waals surface area contributed by atoms with Gasteiger partial charge in [-0.1, -0.05) is 39.5 Å². The molecule has 17 heavy (non-hydrogen) atoms. The van der Waals surface area contributed by atoms with Crippen LogP contribution in [0.3, 0.4) is 0 Å². The molecular weight excluding hydrogens is 220 g/mol. The van der Waals surface area contributed by atoms with Gasteiger partial charge in [0.1, 0.15) is 0 Å². The van der Waals surface area contributed by atoms with Crippen LogP contribution in [0.25, 0.3) is 0 Å². The summed E-state index contributed by atoms with van der Waals surface area (Å²) in [4.78, 5) is 0. The molecule has 0 saturated carbocycles. The van der Waals surface area contributed by atoms with Crippen LogP contribution in [0.15, 0.2) is 0 Å². The van der Waals surface area contributed by atoms with E-state index in [0.29, 0.717) is 0 Å². The molecule has 0 saturated heterocycles. The number of aliphatic hydroxyl groups excluding tert-OH is 1. The Morgan fingerprint density at radius 3 is 1.88 bits per heavy atom. The molecule has 7 nitrogen and oxygen atoms in total. The van der Waals surface area contributed by atoms with E-state index in [2.05, 4.69) is 19.3 Å². The molecular formula is C10H26N6O. The Kier molecular flexibility index (Phi) is 13.2. The first-order valence-electron chi connectivity index (χ1n) is 5.82. The van der Waals surface area contributed by atoms with Gasteiger partial charge in [-0.3, -0.25) is 21.3 Å². The zero-order valence-corrected chi connectivity index (χ0v) is 10.8. The van der Waals surface area contributed by atoms with Crippen molar-refractivity contribution in [3.8, 4) is 0 Å². The third-order valence-corrected chi connectivity index (χ3v) is 1.83. The minimum Gasteiger partial charge on any atom is -0.394 e. The van der Waals surface area contributed by atoms with Crippen molar-refractivity contribution in [3.63, 3.8) is 0 Å². The molecule has 0 aliphatic carbocycles. The maximum atomic E-state index is 8.45. The van der Waals surface area contributed by atoms with Gasteiger partial charge < -0.3 is 16.6 Å². The molecule has 0 aromatic rings. The lowest BCUT2D eigenvalue weighted by atomic mass is 10.2. The first kappa shape index (κ1) is 17.9. The van der Waals surface area contributed by atoms with Crippen LogP contribution in [0, 0.1) is 10.8 Å². The molecule has 8 N–H and O–H groups in total. The zero-order valence-electron chi connectivity index (χ0n) is 10.8. The van der Waals surface area contributed by atoms with Crippen LogP contribution in [-0.2, 0) is 0 Å². The van der Waals surface area contributed by atoms with Crippen molar-refractivity contribution in [1.82, 2.24) is 10.4 Å². The number of hydrazine groups is 1. The topological polar surface area (TPSA) is 135 Å². The highest BCUT2D eigenvalue weighted by molar-refractivity contribution is 5.80. The van der Waals surface area contributed by atoms with Gasteiger partial charge in [0.15, 0.2) is 0 Å². The van der Waals surface area contributed by atoms with E-state index in [1.54, 1.807) is 0 Å². The molecule has 0 aromatic carbocycles. The van der Waals surface area contributed by atoms with Crippen molar-refractivity contribution in [2.24, 2.45) is 11.5 Å². The molecule has 0 aliphatic heterocycles. The summed E-state index contributed by atoms with van der Waals surface area (Å²) in [5, 5.41) is 23.2. The van der Waals surface area contributed by atoms with E-state index in [0.717, 1.165) is 5.01 Å². The largest absolute Gasteiger partial charge is 0.394 e. The van der Waals surface area contributed by atoms with Crippen LogP contribution < -0.4 is 16.9 Å². The first-order valence-corrected chi connectivity index (χ1v) is 5.82. The molecule has 0 heterocycles. The monoisotopic (exact) mass is 246 g/mol. The fraction of sp³-hybridized carbons (Fsp3) is 0.800. The Morgan fingerprint density at radius 1 is 1.18 bits per heavy atom. The van der Waals surface area contributed by atoms with Gasteiger partial charge in [-0.05, 0) is 0 Å². The number of nitrogens with two attached hydrogens (primary N) is 2. The average Bonchev–Trinajstić information content (AvgIpc) is 2.26. The number of nitrogens with one attached hydrogen (secondary N) is 3. The summed E-state index contributed by atoms with van der Waals surface area (Å²) in [7, 11) is 0. The van der Waals surface area contributed by atoms with Crippen molar-refractivity contribution in [3.05, 3.63) is 0 Å². The van der Waals surface area contributed by atoms with Crippen molar-refractivity contribution < 1.29 is 5.11 Å². The lowest BCUT2D eigenvalue weighted by Gasteiger charge is -2.21. The van der Waals surface area contributed by atoms with E-state index in [1.807, 2.05) is 0 Å². The zero-order chi connectivity index (χ0) is 13.7. The quantitative estimate of drug-likeness (QED) is 0.178. The maximum absolute atomic E-state index is 8.45. The van der Waals surface area contributed by atoms with E-state index < -0.39 is 0 Å². The van der Waals surface area contributed by atoms with Crippen LogP contribution in [0.4, 0.5) is 0 Å². The highest BCUT2D eigenvalue weighted by atomic mass is 16.3. The summed E-state index contributed by atoms with van der Waals surface area (Å²) in [5.74, 6) is -0.622. The van der Waals surface area contributed by atoms with Gasteiger partial charge in [0, 0.05) is 0 Å². The predicted octanol–water partition coefficient (Wildman–Crippen LogP) is 0.159. The number of guanidine groups is 2. The Morgan fingerprint density at radius 2 is 1.65 bits per heavy atom. The van der Waals surface area contributed by atoms with Crippen LogP contribution in [0.1, 0.15) is 39.5 Å². The van der Waals surface area contributed by atoms with Crippen molar-refractivity contribution in [2.75, 3.05) is 13.2 Å². The first-order chi connectivity index (χ1) is 7.99. The van der Waals surface area contributed by atoms with Crippen LogP contribution in [0.5, 0.6) is 0 Å².